The monoisotopic (exact) mass is 527 g/mol. The van der Waals surface area contributed by atoms with Gasteiger partial charge in [-0.15, -0.1) is 0 Å². The van der Waals surface area contributed by atoms with E-state index in [1.807, 2.05) is 30.9 Å². The molecule has 4 unspecified atom stereocenters. The molecule has 1 aromatic carbocycles. The average Bonchev–Trinajstić information content (AvgIpc) is 3.46. The molecule has 1 spiro atoms. The number of ether oxygens (including phenoxy) is 1. The van der Waals surface area contributed by atoms with Crippen LogP contribution in [0.4, 0.5) is 0 Å². The highest BCUT2D eigenvalue weighted by Gasteiger charge is 2.60. The summed E-state index contributed by atoms with van der Waals surface area (Å²) in [5, 5.41) is 0. The van der Waals surface area contributed by atoms with Gasteiger partial charge in [-0.2, -0.15) is 0 Å². The van der Waals surface area contributed by atoms with Crippen LogP contribution in [0.25, 0.3) is 0 Å². The van der Waals surface area contributed by atoms with E-state index in [4.69, 9.17) is 10.5 Å². The summed E-state index contributed by atoms with van der Waals surface area (Å²) in [5.74, 6) is 0.477. The lowest BCUT2D eigenvalue weighted by Crippen LogP contribution is -2.58. The SMILES string of the molecule is CCCCCC(=O)N1C(Cc2ccc(OC(=O)C(N)C(C)C)cc2)C(=O)N(C(C)C(C)CC)C12CCCC2. The molecule has 1 aromatic rings. The van der Waals surface area contributed by atoms with Crippen molar-refractivity contribution in [2.75, 3.05) is 0 Å². The summed E-state index contributed by atoms with van der Waals surface area (Å²) in [4.78, 5) is 44.3. The van der Waals surface area contributed by atoms with E-state index in [1.54, 1.807) is 12.1 Å². The third-order valence-corrected chi connectivity index (χ3v) is 8.83. The number of hydrogen-bond acceptors (Lipinski definition) is 5. The van der Waals surface area contributed by atoms with Gasteiger partial charge in [-0.1, -0.05) is 66.0 Å². The van der Waals surface area contributed by atoms with Crippen LogP contribution in [-0.2, 0) is 20.8 Å². The summed E-state index contributed by atoms with van der Waals surface area (Å²) in [6, 6.07) is 6.14. The molecule has 1 aliphatic carbocycles. The van der Waals surface area contributed by atoms with Crippen molar-refractivity contribution in [2.24, 2.45) is 17.6 Å². The molecule has 1 saturated carbocycles. The first kappa shape index (κ1) is 30.1. The molecule has 38 heavy (non-hydrogen) atoms. The van der Waals surface area contributed by atoms with Crippen LogP contribution in [0, 0.1) is 11.8 Å². The molecule has 2 amide bonds. The van der Waals surface area contributed by atoms with E-state index < -0.39 is 23.7 Å². The van der Waals surface area contributed by atoms with Gasteiger partial charge in [0.1, 0.15) is 23.5 Å². The number of carbonyl (C=O) groups excluding carboxylic acids is 3. The Morgan fingerprint density at radius 2 is 1.68 bits per heavy atom. The first-order chi connectivity index (χ1) is 18.1. The number of nitrogens with zero attached hydrogens (tertiary/aromatic N) is 2. The fourth-order valence-electron chi connectivity index (χ4n) is 6.09. The molecule has 1 saturated heterocycles. The van der Waals surface area contributed by atoms with Gasteiger partial charge in [-0.25, -0.2) is 4.79 Å². The van der Waals surface area contributed by atoms with Gasteiger partial charge in [-0.05, 0) is 68.6 Å². The fraction of sp³-hybridized carbons (Fsp3) is 0.710. The van der Waals surface area contributed by atoms with Crippen molar-refractivity contribution in [3.8, 4) is 5.75 Å². The number of hydrogen-bond donors (Lipinski definition) is 1. The number of amides is 2. The maximum Gasteiger partial charge on any atom is 0.328 e. The highest BCUT2D eigenvalue weighted by Crippen LogP contribution is 2.47. The van der Waals surface area contributed by atoms with Crippen LogP contribution < -0.4 is 10.5 Å². The summed E-state index contributed by atoms with van der Waals surface area (Å²) in [5.41, 5.74) is 6.34. The van der Waals surface area contributed by atoms with Crippen LogP contribution >= 0.6 is 0 Å². The van der Waals surface area contributed by atoms with Crippen LogP contribution in [0.15, 0.2) is 24.3 Å². The van der Waals surface area contributed by atoms with Crippen molar-refractivity contribution in [3.05, 3.63) is 29.8 Å². The van der Waals surface area contributed by atoms with Crippen LogP contribution in [-0.4, -0.2) is 51.4 Å². The van der Waals surface area contributed by atoms with Gasteiger partial charge in [0, 0.05) is 18.9 Å². The second-order valence-electron chi connectivity index (χ2n) is 11.8. The smallest absolute Gasteiger partial charge is 0.328 e. The summed E-state index contributed by atoms with van der Waals surface area (Å²) in [6.07, 6.45) is 8.58. The molecule has 3 rings (SSSR count). The molecule has 0 bridgehead atoms. The Morgan fingerprint density at radius 3 is 2.24 bits per heavy atom. The molecule has 2 N–H and O–H groups in total. The molecular weight excluding hydrogens is 478 g/mol. The van der Waals surface area contributed by atoms with Crippen LogP contribution in [0.3, 0.4) is 0 Å². The highest BCUT2D eigenvalue weighted by molar-refractivity contribution is 5.93. The van der Waals surface area contributed by atoms with Crippen LogP contribution in [0.2, 0.25) is 0 Å². The fourth-order valence-corrected chi connectivity index (χ4v) is 6.09. The number of carbonyl (C=O) groups is 3. The van der Waals surface area contributed by atoms with Gasteiger partial charge < -0.3 is 20.3 Å². The molecule has 2 fully saturated rings. The zero-order valence-corrected chi connectivity index (χ0v) is 24.4. The topological polar surface area (TPSA) is 92.9 Å². The molecule has 212 valence electrons. The summed E-state index contributed by atoms with van der Waals surface area (Å²) >= 11 is 0. The number of esters is 1. The number of rotatable bonds is 12. The maximum atomic E-state index is 14.2. The first-order valence-electron chi connectivity index (χ1n) is 14.8. The second kappa shape index (κ2) is 13.1. The first-order valence-corrected chi connectivity index (χ1v) is 14.8. The zero-order valence-electron chi connectivity index (χ0n) is 24.4. The largest absolute Gasteiger partial charge is 0.425 e. The molecule has 7 heteroatoms. The molecule has 4 atom stereocenters. The zero-order chi connectivity index (χ0) is 28.0. The lowest BCUT2D eigenvalue weighted by atomic mass is 9.95. The number of unbranched alkanes of at least 4 members (excludes halogenated alkanes) is 2. The van der Waals surface area contributed by atoms with Gasteiger partial charge in [0.25, 0.3) is 0 Å². The van der Waals surface area contributed by atoms with Gasteiger partial charge in [0.05, 0.1) is 0 Å². The van der Waals surface area contributed by atoms with E-state index in [9.17, 15) is 14.4 Å². The third kappa shape index (κ3) is 6.24. The van der Waals surface area contributed by atoms with E-state index in [0.29, 0.717) is 24.5 Å². The van der Waals surface area contributed by atoms with Crippen molar-refractivity contribution >= 4 is 17.8 Å². The van der Waals surface area contributed by atoms with E-state index in [-0.39, 0.29) is 23.8 Å². The number of nitrogens with two attached hydrogens (primary N) is 1. The summed E-state index contributed by atoms with van der Waals surface area (Å²) in [6.45, 7) is 12.4. The van der Waals surface area contributed by atoms with Gasteiger partial charge >= 0.3 is 5.97 Å². The predicted molar refractivity (Wildman–Crippen MR) is 150 cm³/mol. The van der Waals surface area contributed by atoms with Gasteiger partial charge in [0.15, 0.2) is 0 Å². The molecule has 1 heterocycles. The Balaban J connectivity index is 1.89. The molecule has 7 nitrogen and oxygen atoms in total. The standard InChI is InChI=1S/C31H49N3O4/c1-7-9-10-13-27(35)34-26(20-24-14-16-25(17-15-24)38-30(37)28(32)21(3)4)29(36)33(23(6)22(5)8-2)31(34)18-11-12-19-31/h14-17,21-23,26,28H,7-13,18-20,32H2,1-6H3. The lowest BCUT2D eigenvalue weighted by molar-refractivity contribution is -0.144. The van der Waals surface area contributed by atoms with Crippen molar-refractivity contribution in [1.29, 1.82) is 0 Å². The Morgan fingerprint density at radius 1 is 1.05 bits per heavy atom. The second-order valence-corrected chi connectivity index (χ2v) is 11.8. The van der Waals surface area contributed by atoms with E-state index in [1.165, 1.54) is 0 Å². The van der Waals surface area contributed by atoms with E-state index in [0.717, 1.165) is 56.9 Å². The lowest BCUT2D eigenvalue weighted by Gasteiger charge is -2.45. The number of benzene rings is 1. The normalized spacial score (nSPS) is 21.3. The van der Waals surface area contributed by atoms with Crippen LogP contribution in [0.5, 0.6) is 5.75 Å². The Bertz CT molecular complexity index is 954. The Kier molecular flexibility index (Phi) is 10.4. The minimum Gasteiger partial charge on any atom is -0.425 e. The van der Waals surface area contributed by atoms with E-state index >= 15 is 0 Å². The minimum absolute atomic E-state index is 0.0142. The van der Waals surface area contributed by atoms with E-state index in [2.05, 4.69) is 32.6 Å². The average molecular weight is 528 g/mol. The molecule has 0 aromatic heterocycles. The van der Waals surface area contributed by atoms with Crippen molar-refractivity contribution in [3.63, 3.8) is 0 Å². The highest BCUT2D eigenvalue weighted by atomic mass is 16.5. The van der Waals surface area contributed by atoms with Gasteiger partial charge in [-0.3, -0.25) is 9.59 Å². The van der Waals surface area contributed by atoms with Crippen molar-refractivity contribution in [1.82, 2.24) is 9.80 Å². The maximum absolute atomic E-state index is 14.2. The third-order valence-electron chi connectivity index (χ3n) is 8.83. The molecule has 2 aliphatic rings. The quantitative estimate of drug-likeness (QED) is 0.222. The predicted octanol–water partition coefficient (Wildman–Crippen LogP) is 5.44. The minimum atomic E-state index is -0.681. The molecule has 1 aliphatic heterocycles. The Hall–Kier alpha value is -2.41. The van der Waals surface area contributed by atoms with Crippen molar-refractivity contribution in [2.45, 2.75) is 130 Å². The summed E-state index contributed by atoms with van der Waals surface area (Å²) < 4.78 is 5.46. The molecular formula is C31H49N3O4. The Labute approximate surface area is 229 Å². The van der Waals surface area contributed by atoms with Crippen LogP contribution in [0.1, 0.15) is 105 Å². The summed E-state index contributed by atoms with van der Waals surface area (Å²) in [7, 11) is 0. The van der Waals surface area contributed by atoms with Gasteiger partial charge in [0.2, 0.25) is 11.8 Å². The molecule has 0 radical (unpaired) electrons. The van der Waals surface area contributed by atoms with Crippen molar-refractivity contribution < 1.29 is 19.1 Å².